The van der Waals surface area contributed by atoms with Crippen molar-refractivity contribution in [2.75, 3.05) is 20.8 Å². The fourth-order valence-corrected chi connectivity index (χ4v) is 3.48. The zero-order chi connectivity index (χ0) is 17.0. The molecule has 6 nitrogen and oxygen atoms in total. The molecule has 0 spiro atoms. The van der Waals surface area contributed by atoms with E-state index >= 15 is 0 Å². The number of H-pyrrole nitrogens is 1. The first-order valence-corrected chi connectivity index (χ1v) is 8.72. The van der Waals surface area contributed by atoms with E-state index in [9.17, 15) is 8.42 Å². The quantitative estimate of drug-likeness (QED) is 0.811. The maximum absolute atomic E-state index is 12.4. The molecule has 0 saturated carbocycles. The molecule has 2 N–H and O–H groups in total. The first kappa shape index (κ1) is 17.4. The molecular formula is C16H22N2O4S. The summed E-state index contributed by atoms with van der Waals surface area (Å²) in [6, 6.07) is 6.55. The van der Waals surface area contributed by atoms with Crippen molar-refractivity contribution in [3.05, 3.63) is 41.2 Å². The molecule has 0 aliphatic heterocycles. The maximum Gasteiger partial charge on any atom is 0.240 e. The first-order valence-electron chi connectivity index (χ1n) is 7.24. The van der Waals surface area contributed by atoms with Crippen LogP contribution in [0, 0.1) is 13.8 Å². The highest BCUT2D eigenvalue weighted by Gasteiger charge is 2.16. The first-order chi connectivity index (χ1) is 10.9. The van der Waals surface area contributed by atoms with E-state index in [1.807, 2.05) is 19.9 Å². The molecule has 0 radical (unpaired) electrons. The van der Waals surface area contributed by atoms with Crippen molar-refractivity contribution in [3.8, 4) is 11.5 Å². The minimum Gasteiger partial charge on any atom is -0.493 e. The molecule has 1 heterocycles. The lowest BCUT2D eigenvalue weighted by Gasteiger charge is -2.11. The SMILES string of the molecule is COc1ccc(S(=O)(=O)NCCc2cc(C)[nH]c2C)cc1OC. The number of aromatic amines is 1. The number of methoxy groups -OCH3 is 2. The highest BCUT2D eigenvalue weighted by molar-refractivity contribution is 7.89. The number of aromatic nitrogens is 1. The Morgan fingerprint density at radius 3 is 2.35 bits per heavy atom. The molecule has 2 aromatic rings. The Bertz CT molecular complexity index is 781. The van der Waals surface area contributed by atoms with Gasteiger partial charge in [-0.15, -0.1) is 0 Å². The van der Waals surface area contributed by atoms with Gasteiger partial charge in [0.2, 0.25) is 10.0 Å². The summed E-state index contributed by atoms with van der Waals surface area (Å²) in [5.74, 6) is 0.873. The van der Waals surface area contributed by atoms with E-state index in [0.29, 0.717) is 24.5 Å². The van der Waals surface area contributed by atoms with Gasteiger partial charge in [0.05, 0.1) is 19.1 Å². The molecule has 1 aromatic heterocycles. The molecule has 0 aliphatic rings. The second kappa shape index (κ2) is 7.06. The molecule has 0 unspecified atom stereocenters. The molecule has 0 atom stereocenters. The van der Waals surface area contributed by atoms with Gasteiger partial charge < -0.3 is 14.5 Å². The third-order valence-electron chi connectivity index (χ3n) is 3.61. The summed E-state index contributed by atoms with van der Waals surface area (Å²) in [6.07, 6.45) is 0.628. The summed E-state index contributed by atoms with van der Waals surface area (Å²) in [5.41, 5.74) is 3.24. The number of nitrogens with one attached hydrogen (secondary N) is 2. The number of ether oxygens (including phenoxy) is 2. The van der Waals surface area contributed by atoms with Gasteiger partial charge in [0, 0.05) is 24.0 Å². The Morgan fingerprint density at radius 1 is 1.09 bits per heavy atom. The van der Waals surface area contributed by atoms with Crippen LogP contribution >= 0.6 is 0 Å². The number of rotatable bonds is 7. The molecule has 23 heavy (non-hydrogen) atoms. The van der Waals surface area contributed by atoms with Gasteiger partial charge in [-0.05, 0) is 44.0 Å². The van der Waals surface area contributed by atoms with Crippen LogP contribution < -0.4 is 14.2 Å². The van der Waals surface area contributed by atoms with Gasteiger partial charge in [0.15, 0.2) is 11.5 Å². The van der Waals surface area contributed by atoms with Crippen molar-refractivity contribution >= 4 is 10.0 Å². The summed E-state index contributed by atoms with van der Waals surface area (Å²) in [5, 5.41) is 0. The fraction of sp³-hybridized carbons (Fsp3) is 0.375. The van der Waals surface area contributed by atoms with Crippen molar-refractivity contribution < 1.29 is 17.9 Å². The van der Waals surface area contributed by atoms with Gasteiger partial charge in [-0.2, -0.15) is 0 Å². The third-order valence-corrected chi connectivity index (χ3v) is 5.07. The standard InChI is InChI=1S/C16H22N2O4S/c1-11-9-13(12(2)18-11)7-8-17-23(19,20)14-5-6-15(21-3)16(10-14)22-4/h5-6,9-10,17-18H,7-8H2,1-4H3. The second-order valence-corrected chi connectivity index (χ2v) is 7.03. The molecule has 7 heteroatoms. The summed E-state index contributed by atoms with van der Waals surface area (Å²) < 4.78 is 37.6. The summed E-state index contributed by atoms with van der Waals surface area (Å²) in [4.78, 5) is 3.36. The van der Waals surface area contributed by atoms with Crippen LogP contribution in [0.1, 0.15) is 17.0 Å². The van der Waals surface area contributed by atoms with E-state index in [2.05, 4.69) is 9.71 Å². The zero-order valence-electron chi connectivity index (χ0n) is 13.8. The predicted octanol–water partition coefficient (Wildman–Crippen LogP) is 2.17. The average Bonchev–Trinajstić information content (AvgIpc) is 2.84. The zero-order valence-corrected chi connectivity index (χ0v) is 14.6. The normalized spacial score (nSPS) is 11.5. The largest absolute Gasteiger partial charge is 0.493 e. The van der Waals surface area contributed by atoms with Crippen molar-refractivity contribution in [1.82, 2.24) is 9.71 Å². The smallest absolute Gasteiger partial charge is 0.240 e. The minimum atomic E-state index is -3.59. The molecule has 0 saturated heterocycles. The van der Waals surface area contributed by atoms with Crippen LogP contribution in [0.5, 0.6) is 11.5 Å². The molecular weight excluding hydrogens is 316 g/mol. The minimum absolute atomic E-state index is 0.150. The molecule has 1 aromatic carbocycles. The third kappa shape index (κ3) is 4.05. The average molecular weight is 338 g/mol. The number of hydrogen-bond acceptors (Lipinski definition) is 4. The highest BCUT2D eigenvalue weighted by atomic mass is 32.2. The monoisotopic (exact) mass is 338 g/mol. The topological polar surface area (TPSA) is 80.4 Å². The van der Waals surface area contributed by atoms with E-state index in [0.717, 1.165) is 17.0 Å². The predicted molar refractivity (Wildman–Crippen MR) is 88.7 cm³/mol. The Hall–Kier alpha value is -1.99. The van der Waals surface area contributed by atoms with Crippen LogP contribution in [-0.2, 0) is 16.4 Å². The van der Waals surface area contributed by atoms with Crippen LogP contribution in [0.2, 0.25) is 0 Å². The number of aryl methyl sites for hydroxylation is 2. The molecule has 0 amide bonds. The molecule has 126 valence electrons. The van der Waals surface area contributed by atoms with E-state index in [1.165, 1.54) is 26.4 Å². The lowest BCUT2D eigenvalue weighted by molar-refractivity contribution is 0.354. The summed E-state index contributed by atoms with van der Waals surface area (Å²) in [7, 11) is -0.613. The van der Waals surface area contributed by atoms with Crippen molar-refractivity contribution in [1.29, 1.82) is 0 Å². The number of benzene rings is 1. The van der Waals surface area contributed by atoms with Gasteiger partial charge in [-0.25, -0.2) is 13.1 Å². The Kier molecular flexibility index (Phi) is 5.33. The Morgan fingerprint density at radius 2 is 1.78 bits per heavy atom. The fourth-order valence-electron chi connectivity index (χ4n) is 2.43. The summed E-state index contributed by atoms with van der Waals surface area (Å²) >= 11 is 0. The van der Waals surface area contributed by atoms with Crippen LogP contribution in [0.25, 0.3) is 0 Å². The lowest BCUT2D eigenvalue weighted by Crippen LogP contribution is -2.26. The van der Waals surface area contributed by atoms with Crippen LogP contribution in [0.4, 0.5) is 0 Å². The van der Waals surface area contributed by atoms with E-state index < -0.39 is 10.0 Å². The molecule has 0 fully saturated rings. The summed E-state index contributed by atoms with van der Waals surface area (Å²) in [6.45, 7) is 4.28. The van der Waals surface area contributed by atoms with E-state index in [-0.39, 0.29) is 4.90 Å². The van der Waals surface area contributed by atoms with Crippen molar-refractivity contribution in [2.24, 2.45) is 0 Å². The van der Waals surface area contributed by atoms with Crippen LogP contribution in [0.15, 0.2) is 29.2 Å². The van der Waals surface area contributed by atoms with Crippen molar-refractivity contribution in [2.45, 2.75) is 25.2 Å². The van der Waals surface area contributed by atoms with Crippen molar-refractivity contribution in [3.63, 3.8) is 0 Å². The number of sulfonamides is 1. The van der Waals surface area contributed by atoms with Gasteiger partial charge in [0.25, 0.3) is 0 Å². The molecule has 2 rings (SSSR count). The van der Waals surface area contributed by atoms with Gasteiger partial charge in [-0.1, -0.05) is 0 Å². The second-order valence-electron chi connectivity index (χ2n) is 5.27. The highest BCUT2D eigenvalue weighted by Crippen LogP contribution is 2.29. The van der Waals surface area contributed by atoms with Gasteiger partial charge in [0.1, 0.15) is 0 Å². The number of hydrogen-bond donors (Lipinski definition) is 2. The Balaban J connectivity index is 2.08. The van der Waals surface area contributed by atoms with E-state index in [4.69, 9.17) is 9.47 Å². The lowest BCUT2D eigenvalue weighted by atomic mass is 10.2. The van der Waals surface area contributed by atoms with Crippen LogP contribution in [0.3, 0.4) is 0 Å². The van der Waals surface area contributed by atoms with Crippen LogP contribution in [-0.4, -0.2) is 34.2 Å². The molecule has 0 bridgehead atoms. The van der Waals surface area contributed by atoms with E-state index in [1.54, 1.807) is 6.07 Å². The van der Waals surface area contributed by atoms with Gasteiger partial charge in [-0.3, -0.25) is 0 Å². The van der Waals surface area contributed by atoms with Gasteiger partial charge >= 0.3 is 0 Å². The molecule has 0 aliphatic carbocycles. The Labute approximate surface area is 136 Å². The maximum atomic E-state index is 12.4.